The van der Waals surface area contributed by atoms with Crippen LogP contribution in [0.5, 0.6) is 0 Å². The number of hydrogen-bond donors (Lipinski definition) is 2. The van der Waals surface area contributed by atoms with Gasteiger partial charge in [0, 0.05) is 19.8 Å². The summed E-state index contributed by atoms with van der Waals surface area (Å²) >= 11 is 0. The summed E-state index contributed by atoms with van der Waals surface area (Å²) in [6, 6.07) is 0. The van der Waals surface area contributed by atoms with Crippen molar-refractivity contribution < 1.29 is 0 Å². The van der Waals surface area contributed by atoms with E-state index in [2.05, 4.69) is 24.3 Å². The van der Waals surface area contributed by atoms with E-state index >= 15 is 0 Å². The van der Waals surface area contributed by atoms with Crippen LogP contribution in [0.1, 0.15) is 13.8 Å². The first-order valence-corrected chi connectivity index (χ1v) is 4.46. The van der Waals surface area contributed by atoms with Gasteiger partial charge in [-0.25, -0.2) is 0 Å². The molecule has 0 fully saturated rings. The molecule has 0 aliphatic carbocycles. The number of aromatic nitrogens is 2. The third kappa shape index (κ3) is 3.06. The van der Waals surface area contributed by atoms with Crippen LogP contribution < -0.4 is 11.1 Å². The number of nitrogens with two attached hydrogens (primary N) is 1. The summed E-state index contributed by atoms with van der Waals surface area (Å²) < 4.78 is 1.78. The third-order valence-electron chi connectivity index (χ3n) is 2.03. The Morgan fingerprint density at radius 2 is 2.31 bits per heavy atom. The van der Waals surface area contributed by atoms with Crippen LogP contribution >= 0.6 is 0 Å². The molecule has 0 spiro atoms. The van der Waals surface area contributed by atoms with Crippen molar-refractivity contribution in [1.82, 2.24) is 9.78 Å². The molecule has 4 heteroatoms. The zero-order valence-corrected chi connectivity index (χ0v) is 8.54. The van der Waals surface area contributed by atoms with Gasteiger partial charge in [0.15, 0.2) is 0 Å². The maximum absolute atomic E-state index is 5.61. The molecule has 0 saturated heterocycles. The molecule has 0 unspecified atom stereocenters. The number of hydrogen-bond acceptors (Lipinski definition) is 3. The number of aryl methyl sites for hydroxylation is 1. The van der Waals surface area contributed by atoms with E-state index in [-0.39, 0.29) is 5.41 Å². The second-order valence-electron chi connectivity index (χ2n) is 4.12. The molecule has 0 aromatic carbocycles. The smallest absolute Gasteiger partial charge is 0.0726 e. The molecule has 0 bridgehead atoms. The Kier molecular flexibility index (Phi) is 2.93. The molecule has 0 saturated carbocycles. The van der Waals surface area contributed by atoms with Crippen LogP contribution in [0.15, 0.2) is 12.4 Å². The highest BCUT2D eigenvalue weighted by Crippen LogP contribution is 2.14. The second-order valence-corrected chi connectivity index (χ2v) is 4.12. The quantitative estimate of drug-likeness (QED) is 0.724. The van der Waals surface area contributed by atoms with E-state index in [0.29, 0.717) is 6.54 Å². The van der Waals surface area contributed by atoms with E-state index in [4.69, 9.17) is 5.73 Å². The maximum atomic E-state index is 5.61. The number of rotatable bonds is 4. The lowest BCUT2D eigenvalue weighted by Gasteiger charge is -2.22. The maximum Gasteiger partial charge on any atom is 0.0726 e. The summed E-state index contributed by atoms with van der Waals surface area (Å²) in [6.45, 7) is 5.82. The van der Waals surface area contributed by atoms with Crippen LogP contribution in [-0.4, -0.2) is 22.9 Å². The summed E-state index contributed by atoms with van der Waals surface area (Å²) in [5.41, 5.74) is 6.79. The van der Waals surface area contributed by atoms with Gasteiger partial charge in [-0.3, -0.25) is 4.68 Å². The van der Waals surface area contributed by atoms with Crippen molar-refractivity contribution in [1.29, 1.82) is 0 Å². The van der Waals surface area contributed by atoms with Gasteiger partial charge in [0.2, 0.25) is 0 Å². The standard InChI is InChI=1S/C9H18N4/c1-9(2,6-10)7-11-8-4-12-13(3)5-8/h4-5,11H,6-7,10H2,1-3H3. The summed E-state index contributed by atoms with van der Waals surface area (Å²) in [4.78, 5) is 0. The van der Waals surface area contributed by atoms with Crippen LogP contribution in [0.3, 0.4) is 0 Å². The highest BCUT2D eigenvalue weighted by Gasteiger charge is 2.14. The number of nitrogens with one attached hydrogen (secondary N) is 1. The highest BCUT2D eigenvalue weighted by molar-refractivity contribution is 5.38. The summed E-state index contributed by atoms with van der Waals surface area (Å²) in [6.07, 6.45) is 3.76. The predicted octanol–water partition coefficient (Wildman–Crippen LogP) is 0.817. The van der Waals surface area contributed by atoms with Gasteiger partial charge in [-0.15, -0.1) is 0 Å². The van der Waals surface area contributed by atoms with E-state index in [9.17, 15) is 0 Å². The van der Waals surface area contributed by atoms with Gasteiger partial charge in [-0.2, -0.15) is 5.10 Å². The van der Waals surface area contributed by atoms with Crippen LogP contribution in [0, 0.1) is 5.41 Å². The third-order valence-corrected chi connectivity index (χ3v) is 2.03. The van der Waals surface area contributed by atoms with Crippen molar-refractivity contribution in [3.63, 3.8) is 0 Å². The number of anilines is 1. The minimum atomic E-state index is 0.135. The van der Waals surface area contributed by atoms with Crippen molar-refractivity contribution in [2.45, 2.75) is 13.8 Å². The molecule has 74 valence electrons. The molecule has 1 aromatic heterocycles. The first kappa shape index (κ1) is 10.1. The van der Waals surface area contributed by atoms with Crippen LogP contribution in [0.4, 0.5) is 5.69 Å². The van der Waals surface area contributed by atoms with Gasteiger partial charge < -0.3 is 11.1 Å². The minimum absolute atomic E-state index is 0.135. The second kappa shape index (κ2) is 3.79. The zero-order chi connectivity index (χ0) is 9.90. The molecule has 1 rings (SSSR count). The number of nitrogens with zero attached hydrogens (tertiary/aromatic N) is 2. The molecule has 4 nitrogen and oxygen atoms in total. The monoisotopic (exact) mass is 182 g/mol. The summed E-state index contributed by atoms with van der Waals surface area (Å²) in [7, 11) is 1.90. The minimum Gasteiger partial charge on any atom is -0.382 e. The van der Waals surface area contributed by atoms with E-state index in [0.717, 1.165) is 12.2 Å². The van der Waals surface area contributed by atoms with Crippen molar-refractivity contribution in [2.75, 3.05) is 18.4 Å². The SMILES string of the molecule is Cn1cc(NCC(C)(C)CN)cn1. The first-order chi connectivity index (χ1) is 6.03. The molecular formula is C9H18N4. The molecule has 13 heavy (non-hydrogen) atoms. The Labute approximate surface area is 79.1 Å². The predicted molar refractivity (Wildman–Crippen MR) is 54.5 cm³/mol. The molecule has 0 radical (unpaired) electrons. The lowest BCUT2D eigenvalue weighted by molar-refractivity contribution is 0.405. The van der Waals surface area contributed by atoms with E-state index in [1.165, 1.54) is 0 Å². The van der Waals surface area contributed by atoms with E-state index in [1.807, 2.05) is 19.4 Å². The molecular weight excluding hydrogens is 164 g/mol. The fourth-order valence-electron chi connectivity index (χ4n) is 0.926. The normalized spacial score (nSPS) is 11.7. The Balaban J connectivity index is 2.43. The molecule has 1 aromatic rings. The highest BCUT2D eigenvalue weighted by atomic mass is 15.3. The largest absolute Gasteiger partial charge is 0.382 e. The van der Waals surface area contributed by atoms with Crippen LogP contribution in [0.25, 0.3) is 0 Å². The fraction of sp³-hybridized carbons (Fsp3) is 0.667. The lowest BCUT2D eigenvalue weighted by Crippen LogP contribution is -2.31. The Hall–Kier alpha value is -1.03. The summed E-state index contributed by atoms with van der Waals surface area (Å²) in [5, 5.41) is 7.36. The van der Waals surface area contributed by atoms with Crippen molar-refractivity contribution in [2.24, 2.45) is 18.2 Å². The molecule has 0 amide bonds. The Morgan fingerprint density at radius 1 is 1.62 bits per heavy atom. The molecule has 0 aliphatic heterocycles. The topological polar surface area (TPSA) is 55.9 Å². The summed E-state index contributed by atoms with van der Waals surface area (Å²) in [5.74, 6) is 0. The first-order valence-electron chi connectivity index (χ1n) is 4.46. The van der Waals surface area contributed by atoms with Crippen LogP contribution in [0.2, 0.25) is 0 Å². The van der Waals surface area contributed by atoms with Crippen molar-refractivity contribution >= 4 is 5.69 Å². The van der Waals surface area contributed by atoms with Crippen LogP contribution in [-0.2, 0) is 7.05 Å². The van der Waals surface area contributed by atoms with Crippen molar-refractivity contribution in [3.05, 3.63) is 12.4 Å². The lowest BCUT2D eigenvalue weighted by atomic mass is 9.94. The molecule has 0 atom stereocenters. The van der Waals surface area contributed by atoms with Crippen molar-refractivity contribution in [3.8, 4) is 0 Å². The van der Waals surface area contributed by atoms with Gasteiger partial charge in [0.1, 0.15) is 0 Å². The van der Waals surface area contributed by atoms with E-state index in [1.54, 1.807) is 4.68 Å². The van der Waals surface area contributed by atoms with E-state index < -0.39 is 0 Å². The van der Waals surface area contributed by atoms with Gasteiger partial charge in [0.25, 0.3) is 0 Å². The zero-order valence-electron chi connectivity index (χ0n) is 8.54. The van der Waals surface area contributed by atoms with Gasteiger partial charge >= 0.3 is 0 Å². The molecule has 3 N–H and O–H groups in total. The molecule has 0 aliphatic rings. The van der Waals surface area contributed by atoms with Gasteiger partial charge in [-0.1, -0.05) is 13.8 Å². The average molecular weight is 182 g/mol. The average Bonchev–Trinajstić information content (AvgIpc) is 2.48. The van der Waals surface area contributed by atoms with Gasteiger partial charge in [0.05, 0.1) is 11.9 Å². The Morgan fingerprint density at radius 3 is 2.77 bits per heavy atom. The fourth-order valence-corrected chi connectivity index (χ4v) is 0.926. The Bertz CT molecular complexity index is 264. The molecule has 1 heterocycles. The van der Waals surface area contributed by atoms with Gasteiger partial charge in [-0.05, 0) is 12.0 Å².